The topological polar surface area (TPSA) is 126 Å². The zero-order valence-corrected chi connectivity index (χ0v) is 18.3. The fourth-order valence-electron chi connectivity index (χ4n) is 3.49. The first-order valence-corrected chi connectivity index (χ1v) is 10.5. The van der Waals surface area contributed by atoms with Crippen LogP contribution in [0.3, 0.4) is 0 Å². The van der Waals surface area contributed by atoms with E-state index in [1.165, 1.54) is 0 Å². The summed E-state index contributed by atoms with van der Waals surface area (Å²) in [6.07, 6.45) is 3.74. The minimum absolute atomic E-state index is 0.0443. The number of hydrogen-bond donors (Lipinski definition) is 4. The second kappa shape index (κ2) is 9.76. The Kier molecular flexibility index (Phi) is 6.62. The molecule has 0 aliphatic carbocycles. The number of esters is 1. The van der Waals surface area contributed by atoms with Crippen LogP contribution in [0.5, 0.6) is 5.75 Å². The molecule has 0 bridgehead atoms. The lowest BCUT2D eigenvalue weighted by Crippen LogP contribution is -2.20. The minimum Gasteiger partial charge on any atom is -0.489 e. The van der Waals surface area contributed by atoms with Gasteiger partial charge in [-0.25, -0.2) is 9.78 Å². The molecule has 9 nitrogen and oxygen atoms in total. The van der Waals surface area contributed by atoms with Gasteiger partial charge in [-0.05, 0) is 49.8 Å². The molecule has 1 atom stereocenters. The zero-order chi connectivity index (χ0) is 23.4. The number of H-pyrrole nitrogens is 1. The summed E-state index contributed by atoms with van der Waals surface area (Å²) in [5, 5.41) is 23.9. The van der Waals surface area contributed by atoms with Gasteiger partial charge in [0.25, 0.3) is 0 Å². The van der Waals surface area contributed by atoms with Gasteiger partial charge in [0.1, 0.15) is 35.4 Å². The summed E-state index contributed by atoms with van der Waals surface area (Å²) in [5.41, 5.74) is 2.86. The number of aliphatic hydroxyl groups is 2. The maximum Gasteiger partial charge on any atom is 0.342 e. The predicted octanol–water partition coefficient (Wildman–Crippen LogP) is 2.86. The highest BCUT2D eigenvalue weighted by molar-refractivity contribution is 5.93. The molecule has 33 heavy (non-hydrogen) atoms. The molecule has 0 spiro atoms. The van der Waals surface area contributed by atoms with Crippen molar-refractivity contribution in [3.05, 3.63) is 71.1 Å². The van der Waals surface area contributed by atoms with Crippen molar-refractivity contribution in [2.45, 2.75) is 20.0 Å². The number of fused-ring (bicyclic) bond motifs is 1. The summed E-state index contributed by atoms with van der Waals surface area (Å²) in [5.74, 6) is -0.0162. The standard InChI is InChI=1S/C24H25N3O6/c1-3-31-24(30)20-21(29)19(12-15-13-26-22-16(15)5-4-8-25-22)33-23(20)27-17-7-6-14(2)11-18(17)32-10-9-28/h4-8,11-13,21,27-29H,3,9-10H2,1-2H3,(H,25,26)/b19-12-. The Morgan fingerprint density at radius 3 is 3.00 bits per heavy atom. The third kappa shape index (κ3) is 4.69. The molecule has 1 aliphatic heterocycles. The monoisotopic (exact) mass is 451 g/mol. The first kappa shape index (κ1) is 22.4. The zero-order valence-electron chi connectivity index (χ0n) is 18.3. The average molecular weight is 451 g/mol. The summed E-state index contributed by atoms with van der Waals surface area (Å²) in [4.78, 5) is 20.0. The van der Waals surface area contributed by atoms with Crippen molar-refractivity contribution >= 4 is 28.8 Å². The number of rotatable bonds is 8. The van der Waals surface area contributed by atoms with E-state index in [0.29, 0.717) is 17.1 Å². The van der Waals surface area contributed by atoms with Crippen molar-refractivity contribution in [2.24, 2.45) is 0 Å². The van der Waals surface area contributed by atoms with E-state index in [2.05, 4.69) is 15.3 Å². The van der Waals surface area contributed by atoms with Gasteiger partial charge in [-0.1, -0.05) is 6.07 Å². The Balaban J connectivity index is 1.69. The Bertz CT molecular complexity index is 1230. The van der Waals surface area contributed by atoms with Crippen LogP contribution < -0.4 is 10.1 Å². The quantitative estimate of drug-likeness (QED) is 0.385. The smallest absolute Gasteiger partial charge is 0.342 e. The molecule has 0 radical (unpaired) electrons. The number of carbonyl (C=O) groups is 1. The summed E-state index contributed by atoms with van der Waals surface area (Å²) < 4.78 is 16.7. The third-order valence-corrected chi connectivity index (χ3v) is 5.02. The fourth-order valence-corrected chi connectivity index (χ4v) is 3.49. The highest BCUT2D eigenvalue weighted by Gasteiger charge is 2.37. The molecule has 4 N–H and O–H groups in total. The molecule has 0 saturated carbocycles. The number of carbonyl (C=O) groups excluding carboxylic acids is 1. The van der Waals surface area contributed by atoms with E-state index in [1.807, 2.05) is 25.1 Å². The molecule has 3 heterocycles. The van der Waals surface area contributed by atoms with Gasteiger partial charge >= 0.3 is 5.97 Å². The fraction of sp³-hybridized carbons (Fsp3) is 0.250. The number of aromatic nitrogens is 2. The number of benzene rings is 1. The van der Waals surface area contributed by atoms with Gasteiger partial charge in [-0.3, -0.25) is 0 Å². The van der Waals surface area contributed by atoms with Gasteiger partial charge in [-0.15, -0.1) is 0 Å². The van der Waals surface area contributed by atoms with Crippen LogP contribution >= 0.6 is 0 Å². The second-order valence-electron chi connectivity index (χ2n) is 7.35. The molecule has 2 aromatic heterocycles. The molecule has 1 unspecified atom stereocenters. The van der Waals surface area contributed by atoms with Crippen molar-refractivity contribution in [1.82, 2.24) is 9.97 Å². The normalized spacial score (nSPS) is 16.8. The number of ether oxygens (including phenoxy) is 3. The molecule has 9 heteroatoms. The average Bonchev–Trinajstić information content (AvgIpc) is 3.35. The third-order valence-electron chi connectivity index (χ3n) is 5.02. The van der Waals surface area contributed by atoms with E-state index in [1.54, 1.807) is 37.5 Å². The van der Waals surface area contributed by atoms with Crippen LogP contribution in [0, 0.1) is 6.92 Å². The van der Waals surface area contributed by atoms with Gasteiger partial charge in [0.15, 0.2) is 0 Å². The highest BCUT2D eigenvalue weighted by Crippen LogP contribution is 2.35. The van der Waals surface area contributed by atoms with Crippen LogP contribution in [0.15, 0.2) is 59.9 Å². The SMILES string of the molecule is CCOC(=O)C1=C(Nc2ccc(C)cc2OCCO)O/C(=C\c2c[nH]c3ncccc23)C1O. The molecular formula is C24H25N3O6. The van der Waals surface area contributed by atoms with Crippen molar-refractivity contribution in [3.8, 4) is 5.75 Å². The number of aromatic amines is 1. The summed E-state index contributed by atoms with van der Waals surface area (Å²) in [6, 6.07) is 9.12. The number of anilines is 1. The highest BCUT2D eigenvalue weighted by atomic mass is 16.5. The lowest BCUT2D eigenvalue weighted by molar-refractivity contribution is -0.139. The van der Waals surface area contributed by atoms with Gasteiger partial charge in [0, 0.05) is 23.3 Å². The number of nitrogens with one attached hydrogen (secondary N) is 2. The van der Waals surface area contributed by atoms with Gasteiger partial charge < -0.3 is 34.7 Å². The molecule has 172 valence electrons. The van der Waals surface area contributed by atoms with Gasteiger partial charge in [-0.2, -0.15) is 0 Å². The number of aryl methyl sites for hydroxylation is 1. The van der Waals surface area contributed by atoms with E-state index >= 15 is 0 Å². The Morgan fingerprint density at radius 2 is 2.21 bits per heavy atom. The van der Waals surface area contributed by atoms with Gasteiger partial charge in [0.2, 0.25) is 5.88 Å². The van der Waals surface area contributed by atoms with E-state index in [-0.39, 0.29) is 37.0 Å². The van der Waals surface area contributed by atoms with Crippen molar-refractivity contribution in [3.63, 3.8) is 0 Å². The lowest BCUT2D eigenvalue weighted by atomic mass is 10.1. The van der Waals surface area contributed by atoms with E-state index in [0.717, 1.165) is 16.5 Å². The molecule has 3 aromatic rings. The molecule has 0 saturated heterocycles. The van der Waals surface area contributed by atoms with Crippen LogP contribution in [0.1, 0.15) is 18.1 Å². The predicted molar refractivity (Wildman–Crippen MR) is 122 cm³/mol. The first-order valence-electron chi connectivity index (χ1n) is 10.5. The minimum atomic E-state index is -1.33. The summed E-state index contributed by atoms with van der Waals surface area (Å²) in [7, 11) is 0. The number of nitrogens with zero attached hydrogens (tertiary/aromatic N) is 1. The Hall–Kier alpha value is -3.82. The number of aliphatic hydroxyl groups excluding tert-OH is 2. The van der Waals surface area contributed by atoms with Crippen LogP contribution in [-0.2, 0) is 14.3 Å². The molecule has 0 fully saturated rings. The van der Waals surface area contributed by atoms with Crippen molar-refractivity contribution < 1.29 is 29.2 Å². The molecule has 4 rings (SSSR count). The summed E-state index contributed by atoms with van der Waals surface area (Å²) in [6.45, 7) is 3.69. The van der Waals surface area contributed by atoms with Gasteiger partial charge in [0.05, 0.1) is 18.9 Å². The Labute approximate surface area is 190 Å². The van der Waals surface area contributed by atoms with Crippen LogP contribution in [0.25, 0.3) is 17.1 Å². The molecule has 0 amide bonds. The molecule has 1 aromatic carbocycles. The lowest BCUT2D eigenvalue weighted by Gasteiger charge is -2.14. The molecule has 1 aliphatic rings. The van der Waals surface area contributed by atoms with Crippen LogP contribution in [0.4, 0.5) is 5.69 Å². The maximum absolute atomic E-state index is 12.7. The maximum atomic E-state index is 12.7. The second-order valence-corrected chi connectivity index (χ2v) is 7.35. The van der Waals surface area contributed by atoms with Crippen LogP contribution in [0.2, 0.25) is 0 Å². The van der Waals surface area contributed by atoms with E-state index < -0.39 is 12.1 Å². The number of hydrogen-bond acceptors (Lipinski definition) is 8. The number of pyridine rings is 1. The Morgan fingerprint density at radius 1 is 1.36 bits per heavy atom. The largest absolute Gasteiger partial charge is 0.489 e. The van der Waals surface area contributed by atoms with Crippen LogP contribution in [-0.4, -0.2) is 52.1 Å². The first-order chi connectivity index (χ1) is 16.0. The van der Waals surface area contributed by atoms with Crippen molar-refractivity contribution in [2.75, 3.05) is 25.1 Å². The molecular weight excluding hydrogens is 426 g/mol. The van der Waals surface area contributed by atoms with E-state index in [9.17, 15) is 9.90 Å². The summed E-state index contributed by atoms with van der Waals surface area (Å²) >= 11 is 0. The van der Waals surface area contributed by atoms with Crippen molar-refractivity contribution in [1.29, 1.82) is 0 Å². The van der Waals surface area contributed by atoms with E-state index in [4.69, 9.17) is 19.3 Å².